The van der Waals surface area contributed by atoms with Crippen molar-refractivity contribution in [3.05, 3.63) is 12.3 Å². The molecule has 4 unspecified atom stereocenters. The predicted octanol–water partition coefficient (Wildman–Crippen LogP) is 2.95. The molecule has 6 heteroatoms. The van der Waals surface area contributed by atoms with Crippen molar-refractivity contribution in [3.63, 3.8) is 0 Å². The average molecular weight is 343 g/mol. The summed E-state index contributed by atoms with van der Waals surface area (Å²) in [5.41, 5.74) is -0.425. The normalized spacial score (nSPS) is 34.6. The number of carbonyl (C=O) groups excluding carboxylic acids is 1. The first kappa shape index (κ1) is 17.6. The fourth-order valence-corrected chi connectivity index (χ4v) is 4.02. The van der Waals surface area contributed by atoms with Gasteiger partial charge in [0.15, 0.2) is 0 Å². The highest BCUT2D eigenvalue weighted by atomic mass is 32.1. The van der Waals surface area contributed by atoms with Gasteiger partial charge in [0.2, 0.25) is 0 Å². The Morgan fingerprint density at radius 2 is 2.32 bits per heavy atom. The molecule has 4 atom stereocenters. The van der Waals surface area contributed by atoms with Crippen LogP contribution in [0.3, 0.4) is 0 Å². The lowest BCUT2D eigenvalue weighted by Gasteiger charge is -2.31. The summed E-state index contributed by atoms with van der Waals surface area (Å²) in [4.78, 5) is 15.1. The first-order valence-electron chi connectivity index (χ1n) is 7.92. The lowest BCUT2D eigenvalue weighted by molar-refractivity contribution is -0.157. The molecule has 22 heavy (non-hydrogen) atoms. The molecule has 0 aromatic rings. The number of thiocarbonyl (C=S) groups is 1. The van der Waals surface area contributed by atoms with Crippen molar-refractivity contribution >= 4 is 35.8 Å². The number of thiol groups is 1. The summed E-state index contributed by atoms with van der Waals surface area (Å²) < 4.78 is 5.53. The smallest absolute Gasteiger partial charge is 0.312 e. The minimum Gasteiger partial charge on any atom is -0.465 e. The quantitative estimate of drug-likeness (QED) is 0.348. The molecule has 0 bridgehead atoms. The maximum absolute atomic E-state index is 12.4. The van der Waals surface area contributed by atoms with Crippen molar-refractivity contribution in [2.75, 3.05) is 13.2 Å². The highest BCUT2D eigenvalue weighted by molar-refractivity contribution is 7.82. The van der Waals surface area contributed by atoms with Gasteiger partial charge in [-0.1, -0.05) is 26.1 Å². The summed E-state index contributed by atoms with van der Waals surface area (Å²) in [5, 5.41) is 3.07. The van der Waals surface area contributed by atoms with E-state index in [1.807, 2.05) is 24.1 Å². The Hall–Kier alpha value is -0.750. The maximum Gasteiger partial charge on any atom is 0.312 e. The molecule has 2 rings (SSSR count). The van der Waals surface area contributed by atoms with Crippen molar-refractivity contribution in [2.24, 2.45) is 17.3 Å². The fraction of sp³-hybridized carbons (Fsp3) is 0.750. The van der Waals surface area contributed by atoms with Gasteiger partial charge < -0.3 is 15.0 Å². The van der Waals surface area contributed by atoms with Crippen LogP contribution in [0, 0.1) is 17.3 Å². The maximum atomic E-state index is 12.4. The molecule has 1 heterocycles. The van der Waals surface area contributed by atoms with E-state index in [0.29, 0.717) is 23.4 Å². The Bertz CT molecular complexity index is 469. The third-order valence-corrected chi connectivity index (χ3v) is 5.56. The number of ether oxygens (including phenoxy) is 1. The van der Waals surface area contributed by atoms with Crippen molar-refractivity contribution in [1.29, 1.82) is 0 Å². The topological polar surface area (TPSA) is 41.6 Å². The second-order valence-electron chi connectivity index (χ2n) is 6.79. The van der Waals surface area contributed by atoms with Crippen molar-refractivity contribution < 1.29 is 9.53 Å². The van der Waals surface area contributed by atoms with Crippen LogP contribution in [0.15, 0.2) is 12.3 Å². The minimum absolute atomic E-state index is 0.0414. The van der Waals surface area contributed by atoms with Gasteiger partial charge in [0.05, 0.1) is 12.0 Å². The number of nitrogens with one attached hydrogen (secondary N) is 1. The molecule has 2 aliphatic rings. The van der Waals surface area contributed by atoms with Gasteiger partial charge in [-0.15, -0.1) is 12.6 Å². The van der Waals surface area contributed by atoms with Crippen molar-refractivity contribution in [1.82, 2.24) is 10.2 Å². The number of hydrogen-bond acceptors (Lipinski definition) is 5. The van der Waals surface area contributed by atoms with Gasteiger partial charge in [-0.2, -0.15) is 0 Å². The molecule has 1 fully saturated rings. The number of hydrogen-bond donors (Lipinski definition) is 2. The summed E-state index contributed by atoms with van der Waals surface area (Å²) in [6, 6.07) is 0. The van der Waals surface area contributed by atoms with E-state index < -0.39 is 0 Å². The number of carbonyl (C=O) groups is 1. The average Bonchev–Trinajstić information content (AvgIpc) is 2.70. The van der Waals surface area contributed by atoms with Crippen LogP contribution in [0.4, 0.5) is 0 Å². The summed E-state index contributed by atoms with van der Waals surface area (Å²) in [7, 11) is 0. The highest BCUT2D eigenvalue weighted by Gasteiger charge is 2.46. The van der Waals surface area contributed by atoms with Gasteiger partial charge in [-0.05, 0) is 44.1 Å². The summed E-state index contributed by atoms with van der Waals surface area (Å²) >= 11 is 9.49. The molecular weight excluding hydrogens is 316 g/mol. The van der Waals surface area contributed by atoms with Crippen LogP contribution in [0.1, 0.15) is 40.0 Å². The van der Waals surface area contributed by atoms with E-state index in [4.69, 9.17) is 17.0 Å². The molecular formula is C16H26N2O2S2. The third-order valence-electron chi connectivity index (χ3n) is 4.88. The zero-order valence-electron chi connectivity index (χ0n) is 13.5. The van der Waals surface area contributed by atoms with E-state index in [1.54, 1.807) is 0 Å². The number of nitrogens with zero attached hydrogens (tertiary/aromatic N) is 1. The van der Waals surface area contributed by atoms with Crippen molar-refractivity contribution in [3.8, 4) is 0 Å². The van der Waals surface area contributed by atoms with Gasteiger partial charge in [0.25, 0.3) is 0 Å². The highest BCUT2D eigenvalue weighted by Crippen LogP contribution is 2.46. The minimum atomic E-state index is -0.315. The molecule has 0 aromatic heterocycles. The molecule has 0 radical (unpaired) electrons. The van der Waals surface area contributed by atoms with E-state index in [-0.39, 0.29) is 16.9 Å². The first-order chi connectivity index (χ1) is 10.3. The van der Waals surface area contributed by atoms with Crippen LogP contribution in [0.25, 0.3) is 0 Å². The van der Waals surface area contributed by atoms with Crippen LogP contribution < -0.4 is 5.32 Å². The van der Waals surface area contributed by atoms with Crippen LogP contribution in [0.5, 0.6) is 0 Å². The Morgan fingerprint density at radius 1 is 1.59 bits per heavy atom. The Morgan fingerprint density at radius 3 is 2.91 bits per heavy atom. The zero-order valence-corrected chi connectivity index (χ0v) is 15.3. The molecule has 1 N–H and O–H groups in total. The molecule has 4 nitrogen and oxygen atoms in total. The monoisotopic (exact) mass is 342 g/mol. The lowest BCUT2D eigenvalue weighted by atomic mass is 9.81. The van der Waals surface area contributed by atoms with Crippen molar-refractivity contribution in [2.45, 2.75) is 45.5 Å². The number of rotatable bonds is 5. The van der Waals surface area contributed by atoms with Crippen LogP contribution in [0.2, 0.25) is 0 Å². The van der Waals surface area contributed by atoms with Gasteiger partial charge in [-0.3, -0.25) is 4.79 Å². The van der Waals surface area contributed by atoms with Gasteiger partial charge in [-0.25, -0.2) is 0 Å². The van der Waals surface area contributed by atoms with Gasteiger partial charge in [0, 0.05) is 12.7 Å². The SMILES string of the molecule is CC1CC(C)C(C)(C(=O)OCCCN2C=CC(=S)NC2S)C1. The van der Waals surface area contributed by atoms with E-state index in [1.165, 1.54) is 0 Å². The second-order valence-corrected chi connectivity index (χ2v) is 7.72. The molecule has 124 valence electrons. The van der Waals surface area contributed by atoms with E-state index in [2.05, 4.69) is 31.8 Å². The predicted molar refractivity (Wildman–Crippen MR) is 95.6 cm³/mol. The molecule has 1 aliphatic heterocycles. The Labute approximate surface area is 144 Å². The van der Waals surface area contributed by atoms with Gasteiger partial charge >= 0.3 is 5.97 Å². The first-order valence-corrected chi connectivity index (χ1v) is 8.85. The Kier molecular flexibility index (Phi) is 5.77. The largest absolute Gasteiger partial charge is 0.465 e. The standard InChI is InChI=1S/C16H26N2O2S2/c1-11-9-12(2)16(3,10-11)14(19)20-8-4-6-18-7-5-13(21)17-15(18)22/h5,7,11-12,15,22H,4,6,8-10H2,1-3H3,(H,17,21). The molecule has 0 saturated heterocycles. The Balaban J connectivity index is 1.74. The van der Waals surface area contributed by atoms with Crippen LogP contribution >= 0.6 is 24.8 Å². The van der Waals surface area contributed by atoms with E-state index in [0.717, 1.165) is 25.8 Å². The second kappa shape index (κ2) is 7.21. The summed E-state index contributed by atoms with van der Waals surface area (Å²) in [5.74, 6) is 0.957. The molecule has 0 spiro atoms. The lowest BCUT2D eigenvalue weighted by Crippen LogP contribution is -2.44. The van der Waals surface area contributed by atoms with E-state index in [9.17, 15) is 4.79 Å². The third kappa shape index (κ3) is 3.96. The summed E-state index contributed by atoms with van der Waals surface area (Å²) in [6.07, 6.45) is 6.59. The molecule has 0 aromatic carbocycles. The molecule has 0 amide bonds. The van der Waals surface area contributed by atoms with Crippen LogP contribution in [-0.2, 0) is 9.53 Å². The van der Waals surface area contributed by atoms with E-state index >= 15 is 0 Å². The number of esters is 1. The fourth-order valence-electron chi connectivity index (χ4n) is 3.43. The molecule has 1 aliphatic carbocycles. The zero-order chi connectivity index (χ0) is 16.3. The summed E-state index contributed by atoms with van der Waals surface area (Å²) in [6.45, 7) is 7.64. The van der Waals surface area contributed by atoms with Gasteiger partial charge in [0.1, 0.15) is 10.5 Å². The molecule has 1 saturated carbocycles. The van der Waals surface area contributed by atoms with Crippen LogP contribution in [-0.4, -0.2) is 34.5 Å².